The molecule has 0 aromatic rings. The third kappa shape index (κ3) is 43.6. The van der Waals surface area contributed by atoms with E-state index in [1.54, 1.807) is 0 Å². The number of ether oxygens (including phenoxy) is 2. The number of carbonyl (C=O) groups excluding carboxylic acids is 2. The molecule has 3 atom stereocenters. The lowest BCUT2D eigenvalue weighted by molar-refractivity contribution is -0.161. The minimum Gasteiger partial charge on any atom is -0.462 e. The number of aliphatic hydroxyl groups is 2. The van der Waals surface area contributed by atoms with E-state index in [1.807, 2.05) is 36.5 Å². The van der Waals surface area contributed by atoms with Crippen LogP contribution in [0.3, 0.4) is 0 Å². The summed E-state index contributed by atoms with van der Waals surface area (Å²) >= 11 is 0. The normalized spacial score (nSPS) is 14.3. The van der Waals surface area contributed by atoms with E-state index >= 15 is 0 Å². The standard InChI is InChI=1S/C48H85O10P/c1-3-5-7-9-11-13-15-17-19-20-21-22-23-24-26-27-29-31-33-35-37-39-47(51)55-43-46(44-57-59(53,54)56-42-45(50)41-49)58-48(52)40-38-36-34-32-30-28-25-18-16-14-12-10-8-6-4-2/h6,8,10,12,14,16-19,25,45-46,49-50H,3-5,7,9,11,13,15,20-24,26-44H2,1-2H3,(H,53,54)/b8-6+,12-10+,16-14+,19-17+,25-18+/t45-,46+/m1/s1. The van der Waals surface area contributed by atoms with Crippen LogP contribution in [-0.4, -0.2) is 65.7 Å². The van der Waals surface area contributed by atoms with Gasteiger partial charge in [0.15, 0.2) is 6.10 Å². The number of phosphoric ester groups is 1. The van der Waals surface area contributed by atoms with Crippen molar-refractivity contribution < 1.29 is 47.8 Å². The number of esters is 2. The zero-order valence-corrected chi connectivity index (χ0v) is 38.1. The quantitative estimate of drug-likeness (QED) is 0.0178. The summed E-state index contributed by atoms with van der Waals surface area (Å²) < 4.78 is 32.7. The van der Waals surface area contributed by atoms with E-state index in [4.69, 9.17) is 23.6 Å². The number of carbonyl (C=O) groups is 2. The SMILES string of the molecule is CC/C=C/C=C/C=C/C=C/CCCCCCCC(=O)O[C@@H](COC(=O)CCCCCCCCCCCCC/C=C/CCCCCCCC)COP(=O)(O)OC[C@H](O)CO. The molecule has 1 unspecified atom stereocenters. The van der Waals surface area contributed by atoms with E-state index < -0.39 is 51.8 Å². The van der Waals surface area contributed by atoms with Gasteiger partial charge in [0.25, 0.3) is 0 Å². The Hall–Kier alpha value is -2.33. The highest BCUT2D eigenvalue weighted by atomic mass is 31.2. The van der Waals surface area contributed by atoms with E-state index in [1.165, 1.54) is 96.3 Å². The lowest BCUT2D eigenvalue weighted by Crippen LogP contribution is -2.29. The third-order valence-electron chi connectivity index (χ3n) is 9.75. The molecule has 0 saturated heterocycles. The van der Waals surface area contributed by atoms with Crippen molar-refractivity contribution in [1.82, 2.24) is 0 Å². The van der Waals surface area contributed by atoms with Crippen LogP contribution < -0.4 is 0 Å². The fourth-order valence-corrected chi connectivity index (χ4v) is 6.96. The van der Waals surface area contributed by atoms with Crippen LogP contribution in [0, 0.1) is 0 Å². The van der Waals surface area contributed by atoms with Gasteiger partial charge in [-0.2, -0.15) is 0 Å². The summed E-state index contributed by atoms with van der Waals surface area (Å²) in [6.07, 6.45) is 49.0. The van der Waals surface area contributed by atoms with Gasteiger partial charge in [0, 0.05) is 12.8 Å². The van der Waals surface area contributed by atoms with E-state index in [2.05, 4.69) is 38.2 Å². The van der Waals surface area contributed by atoms with Crippen molar-refractivity contribution in [3.05, 3.63) is 60.8 Å². The van der Waals surface area contributed by atoms with Gasteiger partial charge >= 0.3 is 19.8 Å². The molecular formula is C48H85O10P. The molecule has 0 aliphatic rings. The highest BCUT2D eigenvalue weighted by molar-refractivity contribution is 7.47. The van der Waals surface area contributed by atoms with Crippen molar-refractivity contribution >= 4 is 19.8 Å². The number of rotatable bonds is 43. The molecule has 0 bridgehead atoms. The summed E-state index contributed by atoms with van der Waals surface area (Å²) in [5.74, 6) is -0.953. The van der Waals surface area contributed by atoms with Gasteiger partial charge in [0.1, 0.15) is 12.7 Å². The van der Waals surface area contributed by atoms with Gasteiger partial charge in [-0.25, -0.2) is 4.57 Å². The summed E-state index contributed by atoms with van der Waals surface area (Å²) in [6, 6.07) is 0. The minimum atomic E-state index is -4.63. The number of unbranched alkanes of at least 4 members (excludes halogenated alkanes) is 22. The van der Waals surface area contributed by atoms with Gasteiger partial charge in [-0.15, -0.1) is 0 Å². The Bertz CT molecular complexity index is 1160. The van der Waals surface area contributed by atoms with E-state index in [0.717, 1.165) is 57.8 Å². The first-order chi connectivity index (χ1) is 28.7. The molecule has 11 heteroatoms. The smallest absolute Gasteiger partial charge is 0.462 e. The highest BCUT2D eigenvalue weighted by Crippen LogP contribution is 2.43. The molecule has 342 valence electrons. The van der Waals surface area contributed by atoms with Crippen LogP contribution in [0.1, 0.15) is 194 Å². The highest BCUT2D eigenvalue weighted by Gasteiger charge is 2.27. The van der Waals surface area contributed by atoms with Gasteiger partial charge in [-0.3, -0.25) is 18.6 Å². The first-order valence-corrected chi connectivity index (χ1v) is 24.8. The molecule has 0 fully saturated rings. The third-order valence-corrected chi connectivity index (χ3v) is 10.7. The molecule has 3 N–H and O–H groups in total. The summed E-state index contributed by atoms with van der Waals surface area (Å²) in [7, 11) is -4.63. The predicted octanol–water partition coefficient (Wildman–Crippen LogP) is 12.7. The lowest BCUT2D eigenvalue weighted by atomic mass is 10.0. The van der Waals surface area contributed by atoms with E-state index in [9.17, 15) is 24.2 Å². The average molecular weight is 853 g/mol. The van der Waals surface area contributed by atoms with Crippen LogP contribution in [-0.2, 0) is 32.7 Å². The molecule has 0 spiro atoms. The molecule has 59 heavy (non-hydrogen) atoms. The second-order valence-corrected chi connectivity index (χ2v) is 16.9. The molecule has 0 radical (unpaired) electrons. The molecule has 0 aromatic heterocycles. The van der Waals surface area contributed by atoms with Gasteiger partial charge in [0.05, 0.1) is 19.8 Å². The van der Waals surface area contributed by atoms with E-state index in [0.29, 0.717) is 12.8 Å². The molecule has 10 nitrogen and oxygen atoms in total. The van der Waals surface area contributed by atoms with Crippen molar-refractivity contribution in [2.45, 2.75) is 206 Å². The fraction of sp³-hybridized carbons (Fsp3) is 0.750. The molecular weight excluding hydrogens is 767 g/mol. The maximum atomic E-state index is 12.6. The van der Waals surface area contributed by atoms with Gasteiger partial charge in [0.2, 0.25) is 0 Å². The summed E-state index contributed by atoms with van der Waals surface area (Å²) in [5, 5.41) is 18.4. The van der Waals surface area contributed by atoms with Crippen molar-refractivity contribution in [3.8, 4) is 0 Å². The number of allylic oxidation sites excluding steroid dienone is 10. The van der Waals surface area contributed by atoms with Crippen molar-refractivity contribution in [1.29, 1.82) is 0 Å². The summed E-state index contributed by atoms with van der Waals surface area (Å²) in [4.78, 5) is 35.1. The minimum absolute atomic E-state index is 0.156. The van der Waals surface area contributed by atoms with Gasteiger partial charge in [-0.05, 0) is 57.8 Å². The first-order valence-electron chi connectivity index (χ1n) is 23.3. The largest absolute Gasteiger partial charge is 0.472 e. The zero-order chi connectivity index (χ0) is 43.3. The molecule has 0 amide bonds. The number of hydrogen-bond acceptors (Lipinski definition) is 9. The Kier molecular flexibility index (Phi) is 42.0. The Labute approximate surface area is 359 Å². The van der Waals surface area contributed by atoms with E-state index in [-0.39, 0.29) is 19.4 Å². The lowest BCUT2D eigenvalue weighted by Gasteiger charge is -2.20. The first kappa shape index (κ1) is 56.7. The summed E-state index contributed by atoms with van der Waals surface area (Å²) in [6.45, 7) is 2.22. The second kappa shape index (κ2) is 43.7. The average Bonchev–Trinajstić information content (AvgIpc) is 3.22. The summed E-state index contributed by atoms with van der Waals surface area (Å²) in [5.41, 5.74) is 0. The molecule has 0 aromatic carbocycles. The molecule has 0 saturated carbocycles. The van der Waals surface area contributed by atoms with Gasteiger partial charge < -0.3 is 24.6 Å². The fourth-order valence-electron chi connectivity index (χ4n) is 6.18. The Morgan fingerprint density at radius 2 is 0.949 bits per heavy atom. The van der Waals surface area contributed by atoms with Crippen molar-refractivity contribution in [2.75, 3.05) is 26.4 Å². The zero-order valence-electron chi connectivity index (χ0n) is 37.2. The van der Waals surface area contributed by atoms with Crippen LogP contribution in [0.15, 0.2) is 60.8 Å². The Morgan fingerprint density at radius 3 is 1.46 bits per heavy atom. The molecule has 0 heterocycles. The number of hydrogen-bond donors (Lipinski definition) is 3. The van der Waals surface area contributed by atoms with Crippen LogP contribution in [0.5, 0.6) is 0 Å². The topological polar surface area (TPSA) is 149 Å². The molecule has 0 aliphatic carbocycles. The molecule has 0 rings (SSSR count). The van der Waals surface area contributed by atoms with Crippen molar-refractivity contribution in [2.24, 2.45) is 0 Å². The Morgan fingerprint density at radius 1 is 0.525 bits per heavy atom. The van der Waals surface area contributed by atoms with Crippen LogP contribution >= 0.6 is 7.82 Å². The van der Waals surface area contributed by atoms with Gasteiger partial charge in [-0.1, -0.05) is 184 Å². The van der Waals surface area contributed by atoms with Crippen LogP contribution in [0.2, 0.25) is 0 Å². The Balaban J connectivity index is 4.24. The number of phosphoric acid groups is 1. The predicted molar refractivity (Wildman–Crippen MR) is 242 cm³/mol. The van der Waals surface area contributed by atoms with Crippen LogP contribution in [0.25, 0.3) is 0 Å². The molecule has 0 aliphatic heterocycles. The van der Waals surface area contributed by atoms with Crippen LogP contribution in [0.4, 0.5) is 0 Å². The maximum absolute atomic E-state index is 12.6. The van der Waals surface area contributed by atoms with Crippen molar-refractivity contribution in [3.63, 3.8) is 0 Å². The monoisotopic (exact) mass is 853 g/mol. The maximum Gasteiger partial charge on any atom is 0.472 e. The number of aliphatic hydroxyl groups excluding tert-OH is 2. The second-order valence-electron chi connectivity index (χ2n) is 15.5.